The molecular formula is C11H19NO2. The molecule has 3 heteroatoms. The topological polar surface area (TPSA) is 38.3 Å². The minimum absolute atomic E-state index is 0.0627. The zero-order valence-electron chi connectivity index (χ0n) is 8.95. The summed E-state index contributed by atoms with van der Waals surface area (Å²) in [6.45, 7) is 1.58. The van der Waals surface area contributed by atoms with Gasteiger partial charge >= 0.3 is 0 Å². The highest BCUT2D eigenvalue weighted by Crippen LogP contribution is 2.25. The molecule has 2 atom stereocenters. The summed E-state index contributed by atoms with van der Waals surface area (Å²) in [6, 6.07) is 0.299. The van der Waals surface area contributed by atoms with Crippen molar-refractivity contribution in [3.05, 3.63) is 12.3 Å². The molecule has 0 aliphatic heterocycles. The van der Waals surface area contributed by atoms with Crippen molar-refractivity contribution in [1.29, 1.82) is 0 Å². The Bertz CT molecular complexity index is 213. The quantitative estimate of drug-likeness (QED) is 0.701. The summed E-state index contributed by atoms with van der Waals surface area (Å²) in [4.78, 5) is 11.0. The average Bonchev–Trinajstić information content (AvgIpc) is 2.16. The van der Waals surface area contributed by atoms with Gasteiger partial charge in [-0.2, -0.15) is 0 Å². The van der Waals surface area contributed by atoms with Gasteiger partial charge in [0.1, 0.15) is 0 Å². The summed E-state index contributed by atoms with van der Waals surface area (Å²) in [7, 11) is 1.65. The van der Waals surface area contributed by atoms with Crippen molar-refractivity contribution in [2.24, 2.45) is 5.92 Å². The Morgan fingerprint density at radius 1 is 1.43 bits per heavy atom. The van der Waals surface area contributed by atoms with Crippen LogP contribution >= 0.6 is 0 Å². The molecule has 1 N–H and O–H groups in total. The first-order valence-corrected chi connectivity index (χ1v) is 5.20. The van der Waals surface area contributed by atoms with Crippen LogP contribution in [0, 0.1) is 5.92 Å². The van der Waals surface area contributed by atoms with Gasteiger partial charge in [-0.25, -0.2) is 0 Å². The number of carbonyl (C=O) groups is 1. The molecule has 0 aromatic carbocycles. The van der Waals surface area contributed by atoms with Crippen molar-refractivity contribution in [3.63, 3.8) is 0 Å². The van der Waals surface area contributed by atoms with Crippen LogP contribution in [-0.2, 0) is 9.53 Å². The van der Waals surface area contributed by atoms with Crippen LogP contribution in [0.2, 0.25) is 0 Å². The van der Waals surface area contributed by atoms with E-state index in [1.807, 2.05) is 0 Å². The lowest BCUT2D eigenvalue weighted by Crippen LogP contribution is -2.40. The molecule has 0 spiro atoms. The lowest BCUT2D eigenvalue weighted by atomic mass is 9.84. The zero-order valence-corrected chi connectivity index (χ0v) is 8.95. The standard InChI is InChI=1S/C11H19NO2/c1-9(13)12-11-6-4-3-5-10(11)7-8-14-2/h7-8,10-11H,3-6H2,1-2H3,(H,12,13)/b8-7+. The predicted octanol–water partition coefficient (Wildman–Crippen LogP) is 1.84. The highest BCUT2D eigenvalue weighted by molar-refractivity contribution is 5.73. The Morgan fingerprint density at radius 2 is 2.14 bits per heavy atom. The van der Waals surface area contributed by atoms with Gasteiger partial charge in [-0.1, -0.05) is 12.8 Å². The van der Waals surface area contributed by atoms with Crippen LogP contribution in [0.3, 0.4) is 0 Å². The minimum Gasteiger partial charge on any atom is -0.505 e. The summed E-state index contributed by atoms with van der Waals surface area (Å²) in [6.07, 6.45) is 8.45. The van der Waals surface area contributed by atoms with E-state index in [0.29, 0.717) is 12.0 Å². The number of hydrogen-bond acceptors (Lipinski definition) is 2. The minimum atomic E-state index is 0.0627. The van der Waals surface area contributed by atoms with Gasteiger partial charge in [0.05, 0.1) is 13.4 Å². The lowest BCUT2D eigenvalue weighted by Gasteiger charge is -2.29. The van der Waals surface area contributed by atoms with Gasteiger partial charge in [0.15, 0.2) is 0 Å². The Labute approximate surface area is 85.5 Å². The second kappa shape index (κ2) is 5.68. The van der Waals surface area contributed by atoms with Crippen LogP contribution in [-0.4, -0.2) is 19.1 Å². The highest BCUT2D eigenvalue weighted by Gasteiger charge is 2.23. The Hall–Kier alpha value is -0.990. The van der Waals surface area contributed by atoms with Crippen molar-refractivity contribution in [1.82, 2.24) is 5.32 Å². The molecule has 1 saturated carbocycles. The number of nitrogens with one attached hydrogen (secondary N) is 1. The van der Waals surface area contributed by atoms with Crippen LogP contribution in [0.25, 0.3) is 0 Å². The van der Waals surface area contributed by atoms with E-state index in [-0.39, 0.29) is 5.91 Å². The fourth-order valence-electron chi connectivity index (χ4n) is 2.01. The first-order valence-electron chi connectivity index (χ1n) is 5.20. The van der Waals surface area contributed by atoms with Crippen molar-refractivity contribution < 1.29 is 9.53 Å². The first kappa shape index (κ1) is 11.1. The molecule has 0 aromatic heterocycles. The molecule has 0 aromatic rings. The van der Waals surface area contributed by atoms with Gasteiger partial charge in [-0.05, 0) is 18.9 Å². The Balaban J connectivity index is 2.49. The van der Waals surface area contributed by atoms with Crippen molar-refractivity contribution >= 4 is 5.91 Å². The van der Waals surface area contributed by atoms with Gasteiger partial charge in [-0.3, -0.25) is 4.79 Å². The second-order valence-corrected chi connectivity index (χ2v) is 3.82. The molecule has 0 heterocycles. The maximum atomic E-state index is 11.0. The summed E-state index contributed by atoms with van der Waals surface area (Å²) < 4.78 is 4.90. The van der Waals surface area contributed by atoms with Crippen LogP contribution < -0.4 is 5.32 Å². The average molecular weight is 197 g/mol. The molecule has 2 unspecified atom stereocenters. The fourth-order valence-corrected chi connectivity index (χ4v) is 2.01. The molecule has 80 valence electrons. The van der Waals surface area contributed by atoms with E-state index in [9.17, 15) is 4.79 Å². The molecule has 1 amide bonds. The number of hydrogen-bond donors (Lipinski definition) is 1. The molecule has 0 radical (unpaired) electrons. The SMILES string of the molecule is CO/C=C/C1CCCCC1NC(C)=O. The van der Waals surface area contributed by atoms with Gasteiger partial charge in [0.25, 0.3) is 0 Å². The van der Waals surface area contributed by atoms with E-state index in [1.54, 1.807) is 20.3 Å². The largest absolute Gasteiger partial charge is 0.505 e. The van der Waals surface area contributed by atoms with Crippen LogP contribution in [0.1, 0.15) is 32.6 Å². The highest BCUT2D eigenvalue weighted by atomic mass is 16.5. The molecular weight excluding hydrogens is 178 g/mol. The summed E-state index contributed by atoms with van der Waals surface area (Å²) in [5.74, 6) is 0.500. The molecule has 1 aliphatic rings. The second-order valence-electron chi connectivity index (χ2n) is 3.82. The molecule has 0 saturated heterocycles. The van der Waals surface area contributed by atoms with Crippen molar-refractivity contribution in [3.8, 4) is 0 Å². The maximum absolute atomic E-state index is 11.0. The Morgan fingerprint density at radius 3 is 2.79 bits per heavy atom. The summed E-state index contributed by atoms with van der Waals surface area (Å²) >= 11 is 0. The van der Waals surface area contributed by atoms with Crippen LogP contribution in [0.5, 0.6) is 0 Å². The number of rotatable bonds is 3. The predicted molar refractivity (Wildman–Crippen MR) is 55.7 cm³/mol. The van der Waals surface area contributed by atoms with Gasteiger partial charge in [0.2, 0.25) is 5.91 Å². The maximum Gasteiger partial charge on any atom is 0.217 e. The van der Waals surface area contributed by atoms with Crippen molar-refractivity contribution in [2.45, 2.75) is 38.6 Å². The van der Waals surface area contributed by atoms with Crippen LogP contribution in [0.4, 0.5) is 0 Å². The molecule has 1 aliphatic carbocycles. The number of ether oxygens (including phenoxy) is 1. The van der Waals surface area contributed by atoms with Gasteiger partial charge in [-0.15, -0.1) is 0 Å². The number of methoxy groups -OCH3 is 1. The number of carbonyl (C=O) groups excluding carboxylic acids is 1. The van der Waals surface area contributed by atoms with E-state index >= 15 is 0 Å². The Kier molecular flexibility index (Phi) is 4.50. The summed E-state index contributed by atoms with van der Waals surface area (Å²) in [5, 5.41) is 2.99. The smallest absolute Gasteiger partial charge is 0.217 e. The van der Waals surface area contributed by atoms with E-state index in [2.05, 4.69) is 11.4 Å². The third kappa shape index (κ3) is 3.40. The van der Waals surface area contributed by atoms with E-state index < -0.39 is 0 Å². The molecule has 1 fully saturated rings. The molecule has 0 bridgehead atoms. The lowest BCUT2D eigenvalue weighted by molar-refractivity contribution is -0.120. The third-order valence-electron chi connectivity index (χ3n) is 2.67. The first-order chi connectivity index (χ1) is 6.74. The van der Waals surface area contributed by atoms with Crippen LogP contribution in [0.15, 0.2) is 12.3 Å². The molecule has 14 heavy (non-hydrogen) atoms. The number of amides is 1. The zero-order chi connectivity index (χ0) is 10.4. The monoisotopic (exact) mass is 197 g/mol. The van der Waals surface area contributed by atoms with Gasteiger partial charge in [0, 0.05) is 18.9 Å². The van der Waals surface area contributed by atoms with E-state index in [0.717, 1.165) is 12.8 Å². The molecule has 3 nitrogen and oxygen atoms in total. The fraction of sp³-hybridized carbons (Fsp3) is 0.727. The van der Waals surface area contributed by atoms with E-state index in [1.165, 1.54) is 12.8 Å². The van der Waals surface area contributed by atoms with E-state index in [4.69, 9.17) is 4.74 Å². The van der Waals surface area contributed by atoms with Crippen molar-refractivity contribution in [2.75, 3.05) is 7.11 Å². The summed E-state index contributed by atoms with van der Waals surface area (Å²) in [5.41, 5.74) is 0. The third-order valence-corrected chi connectivity index (χ3v) is 2.67. The normalized spacial score (nSPS) is 27.6. The van der Waals surface area contributed by atoms with Gasteiger partial charge < -0.3 is 10.1 Å². The molecule has 1 rings (SSSR count).